The molecule has 2 heterocycles. The first-order valence-electron chi connectivity index (χ1n) is 8.14. The van der Waals surface area contributed by atoms with Crippen molar-refractivity contribution in [3.05, 3.63) is 0 Å². The summed E-state index contributed by atoms with van der Waals surface area (Å²) in [6.45, 7) is 4.75. The molecule has 0 aromatic rings. The average molecular weight is 325 g/mol. The molecule has 1 atom stereocenters. The molecule has 0 aromatic carbocycles. The van der Waals surface area contributed by atoms with Crippen LogP contribution in [0.3, 0.4) is 0 Å². The molecule has 2 rings (SSSR count). The maximum atomic E-state index is 12.9. The van der Waals surface area contributed by atoms with Gasteiger partial charge in [-0.2, -0.15) is 0 Å². The summed E-state index contributed by atoms with van der Waals surface area (Å²) in [4.78, 5) is 39.0. The van der Waals surface area contributed by atoms with Crippen LogP contribution in [0.2, 0.25) is 0 Å². The number of carbonyl (C=O) groups excluding carboxylic acids is 3. The van der Waals surface area contributed by atoms with Gasteiger partial charge < -0.3 is 20.6 Å². The van der Waals surface area contributed by atoms with Gasteiger partial charge in [0.2, 0.25) is 17.7 Å². The molecule has 130 valence electrons. The van der Waals surface area contributed by atoms with E-state index in [-0.39, 0.29) is 23.8 Å². The summed E-state index contributed by atoms with van der Waals surface area (Å²) >= 11 is 0. The minimum Gasteiger partial charge on any atom is -0.394 e. The fraction of sp³-hybridized carbons (Fsp3) is 0.812. The Bertz CT molecular complexity index is 504. The second-order valence-electron chi connectivity index (χ2n) is 7.51. The molecule has 3 amide bonds. The fourth-order valence-electron chi connectivity index (χ4n) is 3.62. The molecule has 3 N–H and O–H groups in total. The number of aliphatic hydroxyl groups excluding tert-OH is 1. The smallest absolute Gasteiger partial charge is 0.248 e. The number of hydrogen-bond donors (Lipinski definition) is 3. The topological polar surface area (TPSA) is 98.7 Å². The zero-order valence-corrected chi connectivity index (χ0v) is 14.3. The largest absolute Gasteiger partial charge is 0.394 e. The van der Waals surface area contributed by atoms with Gasteiger partial charge in [0.15, 0.2) is 0 Å². The lowest BCUT2D eigenvalue weighted by molar-refractivity contribution is -0.148. The van der Waals surface area contributed by atoms with Crippen LogP contribution in [0.15, 0.2) is 0 Å². The number of nitrogens with zero attached hydrogens (tertiary/aromatic N) is 1. The Hall–Kier alpha value is -1.63. The average Bonchev–Trinajstić information content (AvgIpc) is 3.06. The van der Waals surface area contributed by atoms with Gasteiger partial charge in [-0.1, -0.05) is 20.8 Å². The molecule has 0 radical (unpaired) electrons. The molecule has 7 heteroatoms. The van der Waals surface area contributed by atoms with E-state index < -0.39 is 23.6 Å². The standard InChI is InChI=1S/C16H27N3O4/c1-15(2,3)13(22)18-11(9-20)12(21)19-10-5-7-16(19,8-6-10)14(23)17-4/h10-11,20H,5-9H2,1-4H3,(H,17,23)(H,18,22)/t10?,11-,16?/m0/s1. The van der Waals surface area contributed by atoms with Gasteiger partial charge in [0.05, 0.1) is 6.61 Å². The van der Waals surface area contributed by atoms with E-state index in [1.807, 2.05) is 0 Å². The Balaban J connectivity index is 2.21. The van der Waals surface area contributed by atoms with E-state index >= 15 is 0 Å². The third kappa shape index (κ3) is 2.94. The van der Waals surface area contributed by atoms with Gasteiger partial charge >= 0.3 is 0 Å². The van der Waals surface area contributed by atoms with Crippen LogP contribution >= 0.6 is 0 Å². The van der Waals surface area contributed by atoms with Crippen molar-refractivity contribution >= 4 is 17.7 Å². The predicted octanol–water partition coefficient (Wildman–Crippen LogP) is -0.221. The highest BCUT2D eigenvalue weighted by atomic mass is 16.3. The van der Waals surface area contributed by atoms with Crippen LogP contribution < -0.4 is 10.6 Å². The van der Waals surface area contributed by atoms with E-state index in [9.17, 15) is 19.5 Å². The van der Waals surface area contributed by atoms with Crippen molar-refractivity contribution in [1.82, 2.24) is 15.5 Å². The highest BCUT2D eigenvalue weighted by Crippen LogP contribution is 2.46. The van der Waals surface area contributed by atoms with Crippen LogP contribution in [0.1, 0.15) is 46.5 Å². The third-order valence-corrected chi connectivity index (χ3v) is 4.96. The number of hydrogen-bond acceptors (Lipinski definition) is 4. The lowest BCUT2D eigenvalue weighted by Gasteiger charge is -2.35. The second kappa shape index (κ2) is 6.11. The van der Waals surface area contributed by atoms with E-state index in [4.69, 9.17) is 0 Å². The lowest BCUT2D eigenvalue weighted by Crippen LogP contribution is -2.60. The number of carbonyl (C=O) groups is 3. The lowest BCUT2D eigenvalue weighted by atomic mass is 9.87. The van der Waals surface area contributed by atoms with Gasteiger partial charge in [0.25, 0.3) is 0 Å². The molecule has 2 bridgehead atoms. The molecular weight excluding hydrogens is 298 g/mol. The Kier molecular flexibility index (Phi) is 4.71. The molecule has 7 nitrogen and oxygen atoms in total. The predicted molar refractivity (Wildman–Crippen MR) is 84.4 cm³/mol. The number of likely N-dealkylation sites (N-methyl/N-ethyl adjacent to an activating group) is 1. The summed E-state index contributed by atoms with van der Waals surface area (Å²) in [5.41, 5.74) is -1.48. The Morgan fingerprint density at radius 3 is 2.26 bits per heavy atom. The second-order valence-corrected chi connectivity index (χ2v) is 7.51. The highest BCUT2D eigenvalue weighted by molar-refractivity contribution is 5.96. The molecule has 0 unspecified atom stereocenters. The molecule has 2 fully saturated rings. The van der Waals surface area contributed by atoms with Crippen LogP contribution in [0.4, 0.5) is 0 Å². The van der Waals surface area contributed by atoms with Crippen molar-refractivity contribution in [1.29, 1.82) is 0 Å². The Morgan fingerprint density at radius 2 is 1.83 bits per heavy atom. The number of nitrogens with one attached hydrogen (secondary N) is 2. The Morgan fingerprint density at radius 1 is 1.26 bits per heavy atom. The molecule has 2 aliphatic heterocycles. The van der Waals surface area contributed by atoms with Crippen molar-refractivity contribution < 1.29 is 19.5 Å². The van der Waals surface area contributed by atoms with Crippen molar-refractivity contribution in [2.45, 2.75) is 64.1 Å². The van der Waals surface area contributed by atoms with Crippen molar-refractivity contribution in [3.63, 3.8) is 0 Å². The monoisotopic (exact) mass is 325 g/mol. The zero-order valence-electron chi connectivity index (χ0n) is 14.3. The number of fused-ring (bicyclic) bond motifs is 2. The number of aliphatic hydroxyl groups is 1. The van der Waals surface area contributed by atoms with Crippen LogP contribution in [-0.2, 0) is 14.4 Å². The van der Waals surface area contributed by atoms with Crippen molar-refractivity contribution in [3.8, 4) is 0 Å². The summed E-state index contributed by atoms with van der Waals surface area (Å²) in [5.74, 6) is -0.830. The summed E-state index contributed by atoms with van der Waals surface area (Å²) < 4.78 is 0. The van der Waals surface area contributed by atoms with E-state index in [2.05, 4.69) is 10.6 Å². The van der Waals surface area contributed by atoms with Gasteiger partial charge in [-0.25, -0.2) is 0 Å². The normalized spacial score (nSPS) is 27.7. The third-order valence-electron chi connectivity index (χ3n) is 4.96. The zero-order chi connectivity index (χ0) is 17.4. The van der Waals surface area contributed by atoms with Gasteiger partial charge in [-0.3, -0.25) is 14.4 Å². The molecule has 0 spiro atoms. The van der Waals surface area contributed by atoms with E-state index in [1.165, 1.54) is 0 Å². The fourth-order valence-corrected chi connectivity index (χ4v) is 3.62. The first kappa shape index (κ1) is 17.7. The van der Waals surface area contributed by atoms with Gasteiger partial charge in [-0.15, -0.1) is 0 Å². The Labute approximate surface area is 136 Å². The minimum atomic E-state index is -1.01. The van der Waals surface area contributed by atoms with Crippen molar-refractivity contribution in [2.75, 3.05) is 13.7 Å². The van der Waals surface area contributed by atoms with Crippen LogP contribution in [0.25, 0.3) is 0 Å². The van der Waals surface area contributed by atoms with E-state index in [0.717, 1.165) is 12.8 Å². The van der Waals surface area contributed by atoms with Gasteiger partial charge in [0.1, 0.15) is 11.6 Å². The molecule has 0 aromatic heterocycles. The van der Waals surface area contributed by atoms with E-state index in [1.54, 1.807) is 32.7 Å². The highest BCUT2D eigenvalue weighted by Gasteiger charge is 2.58. The van der Waals surface area contributed by atoms with E-state index in [0.29, 0.717) is 12.8 Å². The molecule has 2 aliphatic rings. The van der Waals surface area contributed by atoms with Gasteiger partial charge in [-0.05, 0) is 25.7 Å². The molecule has 0 saturated carbocycles. The maximum Gasteiger partial charge on any atom is 0.248 e. The summed E-state index contributed by atoms with van der Waals surface area (Å²) in [6, 6.07) is -0.996. The molecular formula is C16H27N3O4. The van der Waals surface area contributed by atoms with Crippen LogP contribution in [-0.4, -0.2) is 59.0 Å². The summed E-state index contributed by atoms with van der Waals surface area (Å²) in [5, 5.41) is 14.8. The number of rotatable bonds is 4. The summed E-state index contributed by atoms with van der Waals surface area (Å²) in [6.07, 6.45) is 2.83. The van der Waals surface area contributed by atoms with Gasteiger partial charge in [0, 0.05) is 18.5 Å². The van der Waals surface area contributed by atoms with Crippen LogP contribution in [0, 0.1) is 5.41 Å². The first-order valence-corrected chi connectivity index (χ1v) is 8.14. The molecule has 2 saturated heterocycles. The molecule has 0 aliphatic carbocycles. The molecule has 23 heavy (non-hydrogen) atoms. The maximum absolute atomic E-state index is 12.9. The van der Waals surface area contributed by atoms with Crippen molar-refractivity contribution in [2.24, 2.45) is 5.41 Å². The van der Waals surface area contributed by atoms with Crippen LogP contribution in [0.5, 0.6) is 0 Å². The summed E-state index contributed by atoms with van der Waals surface area (Å²) in [7, 11) is 1.57. The quantitative estimate of drug-likeness (QED) is 0.665. The SMILES string of the molecule is CNC(=O)C12CCC(CC1)N2C(=O)[C@H](CO)NC(=O)C(C)(C)C. The number of amides is 3. The minimum absolute atomic E-state index is 0.0142. The first-order chi connectivity index (χ1) is 10.7.